The second-order valence-electron chi connectivity index (χ2n) is 2.58. The van der Waals surface area contributed by atoms with Crippen molar-refractivity contribution in [1.82, 2.24) is 4.98 Å². The van der Waals surface area contributed by atoms with Gasteiger partial charge in [0.25, 0.3) is 0 Å². The Balaban J connectivity index is 2.53. The van der Waals surface area contributed by atoms with Gasteiger partial charge in [0.1, 0.15) is 11.6 Å². The third-order valence-corrected chi connectivity index (χ3v) is 2.57. The zero-order valence-corrected chi connectivity index (χ0v) is 7.51. The Morgan fingerprint density at radius 1 is 1.38 bits per heavy atom. The van der Waals surface area contributed by atoms with E-state index >= 15 is 0 Å². The highest BCUT2D eigenvalue weighted by Gasteiger charge is 2.05. The highest BCUT2D eigenvalue weighted by Crippen LogP contribution is 2.29. The van der Waals surface area contributed by atoms with Gasteiger partial charge in [0.05, 0.1) is 10.4 Å². The molecule has 2 N–H and O–H groups in total. The highest BCUT2D eigenvalue weighted by atomic mass is 32.1. The number of hydrogen-bond donors (Lipinski definition) is 1. The monoisotopic (exact) mass is 194 g/mol. The number of anilines is 1. The average Bonchev–Trinajstić information content (AvgIpc) is 2.51. The molecule has 1 heterocycles. The van der Waals surface area contributed by atoms with E-state index in [1.54, 1.807) is 11.6 Å². The molecule has 2 nitrogen and oxygen atoms in total. The van der Waals surface area contributed by atoms with Gasteiger partial charge in [-0.25, -0.2) is 9.37 Å². The van der Waals surface area contributed by atoms with Crippen LogP contribution in [-0.4, -0.2) is 4.98 Å². The van der Waals surface area contributed by atoms with Crippen LogP contribution in [0.2, 0.25) is 0 Å². The Hall–Kier alpha value is -1.42. The topological polar surface area (TPSA) is 38.9 Å². The summed E-state index contributed by atoms with van der Waals surface area (Å²) in [6.07, 6.45) is 0. The van der Waals surface area contributed by atoms with E-state index < -0.39 is 0 Å². The summed E-state index contributed by atoms with van der Waals surface area (Å²) in [5.74, 6) is 0.195. The molecule has 0 spiro atoms. The predicted molar refractivity (Wildman–Crippen MR) is 51.9 cm³/mol. The standard InChI is InChI=1S/C9H7FN2S/c10-7-3-1-2-6(4-7)8-9(11)12-5-13-8/h1-5H,11H2. The minimum Gasteiger partial charge on any atom is -0.382 e. The lowest BCUT2D eigenvalue weighted by Gasteiger charge is -1.97. The molecule has 4 heteroatoms. The van der Waals surface area contributed by atoms with Crippen molar-refractivity contribution >= 4 is 17.2 Å². The van der Waals surface area contributed by atoms with E-state index in [9.17, 15) is 4.39 Å². The number of rotatable bonds is 1. The molecule has 0 saturated carbocycles. The molecule has 0 aliphatic carbocycles. The second kappa shape index (κ2) is 3.14. The molecule has 0 amide bonds. The van der Waals surface area contributed by atoms with Crippen molar-refractivity contribution in [3.8, 4) is 10.4 Å². The second-order valence-corrected chi connectivity index (χ2v) is 3.43. The van der Waals surface area contributed by atoms with Gasteiger partial charge < -0.3 is 5.73 Å². The Labute approximate surface area is 78.9 Å². The first-order valence-electron chi connectivity index (χ1n) is 3.72. The average molecular weight is 194 g/mol. The van der Waals surface area contributed by atoms with Gasteiger partial charge in [0, 0.05) is 0 Å². The molecule has 66 valence electrons. The van der Waals surface area contributed by atoms with Crippen LogP contribution < -0.4 is 5.73 Å². The molecule has 1 aromatic heterocycles. The van der Waals surface area contributed by atoms with Crippen LogP contribution >= 0.6 is 11.3 Å². The number of nitrogens with two attached hydrogens (primary N) is 1. The summed E-state index contributed by atoms with van der Waals surface area (Å²) in [6, 6.07) is 6.32. The molecule has 0 aliphatic rings. The van der Waals surface area contributed by atoms with Gasteiger partial charge in [0.2, 0.25) is 0 Å². The Kier molecular flexibility index (Phi) is 1.98. The third kappa shape index (κ3) is 1.53. The fourth-order valence-electron chi connectivity index (χ4n) is 1.10. The van der Waals surface area contributed by atoms with Gasteiger partial charge in [0.15, 0.2) is 0 Å². The maximum atomic E-state index is 12.8. The van der Waals surface area contributed by atoms with Crippen LogP contribution in [0.4, 0.5) is 10.2 Å². The number of nitrogen functional groups attached to an aromatic ring is 1. The number of halogens is 1. The van der Waals surface area contributed by atoms with Crippen molar-refractivity contribution in [3.05, 3.63) is 35.6 Å². The number of hydrogen-bond acceptors (Lipinski definition) is 3. The number of aromatic nitrogens is 1. The van der Waals surface area contributed by atoms with Crippen molar-refractivity contribution in [2.24, 2.45) is 0 Å². The van der Waals surface area contributed by atoms with E-state index in [0.717, 1.165) is 10.4 Å². The van der Waals surface area contributed by atoms with E-state index in [2.05, 4.69) is 4.98 Å². The maximum Gasteiger partial charge on any atom is 0.142 e. The van der Waals surface area contributed by atoms with Crippen LogP contribution in [0.3, 0.4) is 0 Å². The van der Waals surface area contributed by atoms with E-state index in [-0.39, 0.29) is 5.82 Å². The summed E-state index contributed by atoms with van der Waals surface area (Å²) in [5.41, 5.74) is 8.03. The molecule has 0 aliphatic heterocycles. The molecule has 13 heavy (non-hydrogen) atoms. The smallest absolute Gasteiger partial charge is 0.142 e. The van der Waals surface area contributed by atoms with Gasteiger partial charge in [-0.2, -0.15) is 0 Å². The molecular formula is C9H7FN2S. The molecule has 0 unspecified atom stereocenters. The zero-order valence-electron chi connectivity index (χ0n) is 6.70. The molecule has 2 rings (SSSR count). The van der Waals surface area contributed by atoms with Gasteiger partial charge in [-0.15, -0.1) is 11.3 Å². The Morgan fingerprint density at radius 3 is 2.85 bits per heavy atom. The number of nitrogens with zero attached hydrogens (tertiary/aromatic N) is 1. The van der Waals surface area contributed by atoms with Crippen molar-refractivity contribution in [2.45, 2.75) is 0 Å². The summed E-state index contributed by atoms with van der Waals surface area (Å²) in [5, 5.41) is 0. The first-order chi connectivity index (χ1) is 6.27. The minimum absolute atomic E-state index is 0.259. The lowest BCUT2D eigenvalue weighted by Crippen LogP contribution is -1.86. The summed E-state index contributed by atoms with van der Waals surface area (Å²) < 4.78 is 12.8. The molecule has 1 aromatic carbocycles. The molecule has 0 saturated heterocycles. The predicted octanol–water partition coefficient (Wildman–Crippen LogP) is 2.53. The Morgan fingerprint density at radius 2 is 2.23 bits per heavy atom. The van der Waals surface area contributed by atoms with E-state index in [1.807, 2.05) is 6.07 Å². The van der Waals surface area contributed by atoms with Gasteiger partial charge in [-0.1, -0.05) is 12.1 Å². The quantitative estimate of drug-likeness (QED) is 0.757. The lowest BCUT2D eigenvalue weighted by molar-refractivity contribution is 0.628. The van der Waals surface area contributed by atoms with Crippen LogP contribution in [0.5, 0.6) is 0 Å². The van der Waals surface area contributed by atoms with Gasteiger partial charge >= 0.3 is 0 Å². The van der Waals surface area contributed by atoms with Crippen molar-refractivity contribution in [3.63, 3.8) is 0 Å². The van der Waals surface area contributed by atoms with Crippen LogP contribution in [0.1, 0.15) is 0 Å². The highest BCUT2D eigenvalue weighted by molar-refractivity contribution is 7.13. The first-order valence-corrected chi connectivity index (χ1v) is 4.60. The minimum atomic E-state index is -0.259. The summed E-state index contributed by atoms with van der Waals surface area (Å²) in [7, 11) is 0. The molecule has 2 aromatic rings. The van der Waals surface area contributed by atoms with Crippen molar-refractivity contribution in [1.29, 1.82) is 0 Å². The lowest BCUT2D eigenvalue weighted by atomic mass is 10.2. The van der Waals surface area contributed by atoms with Crippen LogP contribution in [-0.2, 0) is 0 Å². The molecule has 0 radical (unpaired) electrons. The van der Waals surface area contributed by atoms with Crippen LogP contribution in [0, 0.1) is 5.82 Å². The SMILES string of the molecule is Nc1ncsc1-c1cccc(F)c1. The normalized spacial score (nSPS) is 10.2. The summed E-state index contributed by atoms with van der Waals surface area (Å²) in [4.78, 5) is 4.72. The Bertz CT molecular complexity index is 425. The third-order valence-electron chi connectivity index (χ3n) is 1.68. The largest absolute Gasteiger partial charge is 0.382 e. The summed E-state index contributed by atoms with van der Waals surface area (Å²) >= 11 is 1.41. The fraction of sp³-hybridized carbons (Fsp3) is 0. The first kappa shape index (κ1) is 8.19. The molecule has 0 atom stereocenters. The van der Waals surface area contributed by atoms with E-state index in [0.29, 0.717) is 5.82 Å². The fourth-order valence-corrected chi connectivity index (χ4v) is 1.81. The molecule has 0 bridgehead atoms. The van der Waals surface area contributed by atoms with Crippen molar-refractivity contribution in [2.75, 3.05) is 5.73 Å². The zero-order chi connectivity index (χ0) is 9.26. The van der Waals surface area contributed by atoms with Gasteiger partial charge in [-0.3, -0.25) is 0 Å². The number of benzene rings is 1. The van der Waals surface area contributed by atoms with Crippen LogP contribution in [0.15, 0.2) is 29.8 Å². The summed E-state index contributed by atoms with van der Waals surface area (Å²) in [6.45, 7) is 0. The molecular weight excluding hydrogens is 187 g/mol. The van der Waals surface area contributed by atoms with Crippen molar-refractivity contribution < 1.29 is 4.39 Å². The molecule has 0 fully saturated rings. The van der Waals surface area contributed by atoms with E-state index in [1.165, 1.54) is 23.5 Å². The van der Waals surface area contributed by atoms with E-state index in [4.69, 9.17) is 5.73 Å². The van der Waals surface area contributed by atoms with Crippen LogP contribution in [0.25, 0.3) is 10.4 Å². The van der Waals surface area contributed by atoms with Gasteiger partial charge in [-0.05, 0) is 17.7 Å². The maximum absolute atomic E-state index is 12.8. The number of thiazole rings is 1.